The molecular formula is C14H20F3N5S. The lowest BCUT2D eigenvalue weighted by Crippen LogP contribution is -2.39. The van der Waals surface area contributed by atoms with Gasteiger partial charge in [0.2, 0.25) is 5.95 Å². The Morgan fingerprint density at radius 1 is 1.26 bits per heavy atom. The van der Waals surface area contributed by atoms with Crippen LogP contribution in [0, 0.1) is 11.8 Å². The molecule has 2 heterocycles. The summed E-state index contributed by atoms with van der Waals surface area (Å²) in [6.07, 6.45) is -3.48. The maximum Gasteiger partial charge on any atom is 0.433 e. The van der Waals surface area contributed by atoms with Gasteiger partial charge in [-0.3, -0.25) is 0 Å². The van der Waals surface area contributed by atoms with Crippen molar-refractivity contribution in [1.82, 2.24) is 15.3 Å². The van der Waals surface area contributed by atoms with Gasteiger partial charge in [-0.2, -0.15) is 18.2 Å². The lowest BCUT2D eigenvalue weighted by atomic mass is 9.92. The van der Waals surface area contributed by atoms with E-state index < -0.39 is 11.9 Å². The topological polar surface area (TPSA) is 53.1 Å². The zero-order chi connectivity index (χ0) is 17.2. The molecule has 1 fully saturated rings. The number of nitrogens with zero attached hydrogens (tertiary/aromatic N) is 3. The summed E-state index contributed by atoms with van der Waals surface area (Å²) in [7, 11) is 1.57. The lowest BCUT2D eigenvalue weighted by molar-refractivity contribution is -0.141. The molecule has 2 rings (SSSR count). The summed E-state index contributed by atoms with van der Waals surface area (Å²) in [6.45, 7) is 5.52. The van der Waals surface area contributed by atoms with Gasteiger partial charge in [0.25, 0.3) is 0 Å². The van der Waals surface area contributed by atoms with Gasteiger partial charge in [-0.1, -0.05) is 13.8 Å². The predicted molar refractivity (Wildman–Crippen MR) is 87.5 cm³/mol. The number of anilines is 2. The van der Waals surface area contributed by atoms with E-state index in [1.807, 2.05) is 4.90 Å². The van der Waals surface area contributed by atoms with E-state index in [1.54, 1.807) is 7.05 Å². The fraction of sp³-hybridized carbons (Fsp3) is 0.643. The predicted octanol–water partition coefficient (Wildman–Crippen LogP) is 2.89. The first kappa shape index (κ1) is 17.7. The summed E-state index contributed by atoms with van der Waals surface area (Å²) >= 11 is 4.91. The Hall–Kier alpha value is -1.64. The summed E-state index contributed by atoms with van der Waals surface area (Å²) in [5.74, 6) is 0.919. The Balaban J connectivity index is 2.37. The average Bonchev–Trinajstić information content (AvgIpc) is 2.44. The van der Waals surface area contributed by atoms with Gasteiger partial charge in [-0.15, -0.1) is 0 Å². The number of hydrogen-bond acceptors (Lipinski definition) is 4. The molecule has 0 unspecified atom stereocenters. The van der Waals surface area contributed by atoms with Crippen LogP contribution in [0.3, 0.4) is 0 Å². The maximum atomic E-state index is 13.1. The van der Waals surface area contributed by atoms with Crippen LogP contribution >= 0.6 is 12.2 Å². The van der Waals surface area contributed by atoms with Gasteiger partial charge in [0.15, 0.2) is 10.8 Å². The Labute approximate surface area is 138 Å². The molecule has 0 saturated carbocycles. The maximum absolute atomic E-state index is 13.1. The molecule has 0 spiro atoms. The van der Waals surface area contributed by atoms with Crippen LogP contribution in [0.15, 0.2) is 6.07 Å². The third-order valence-corrected chi connectivity index (χ3v) is 3.95. The zero-order valence-electron chi connectivity index (χ0n) is 13.2. The second kappa shape index (κ2) is 6.86. The van der Waals surface area contributed by atoms with Gasteiger partial charge in [0, 0.05) is 26.2 Å². The van der Waals surface area contributed by atoms with Crippen LogP contribution in [-0.4, -0.2) is 35.2 Å². The number of piperidine rings is 1. The highest BCUT2D eigenvalue weighted by atomic mass is 32.1. The first-order valence-electron chi connectivity index (χ1n) is 7.39. The van der Waals surface area contributed by atoms with Crippen molar-refractivity contribution in [1.29, 1.82) is 0 Å². The van der Waals surface area contributed by atoms with Crippen molar-refractivity contribution >= 4 is 29.1 Å². The van der Waals surface area contributed by atoms with E-state index in [2.05, 4.69) is 34.4 Å². The van der Waals surface area contributed by atoms with Crippen LogP contribution in [0.2, 0.25) is 0 Å². The van der Waals surface area contributed by atoms with Gasteiger partial charge in [0.1, 0.15) is 5.82 Å². The highest BCUT2D eigenvalue weighted by molar-refractivity contribution is 7.80. The lowest BCUT2D eigenvalue weighted by Gasteiger charge is -2.36. The van der Waals surface area contributed by atoms with Crippen LogP contribution in [0.1, 0.15) is 26.0 Å². The summed E-state index contributed by atoms with van der Waals surface area (Å²) in [5.41, 5.74) is -0.977. The molecule has 23 heavy (non-hydrogen) atoms. The highest BCUT2D eigenvalue weighted by Gasteiger charge is 2.35. The molecule has 1 aromatic heterocycles. The molecule has 0 bridgehead atoms. The molecule has 2 atom stereocenters. The summed E-state index contributed by atoms with van der Waals surface area (Å²) in [5, 5.41) is 5.37. The van der Waals surface area contributed by atoms with E-state index in [0.29, 0.717) is 24.9 Å². The van der Waals surface area contributed by atoms with Gasteiger partial charge >= 0.3 is 6.18 Å². The summed E-state index contributed by atoms with van der Waals surface area (Å²) in [6, 6.07) is 0.998. The van der Waals surface area contributed by atoms with E-state index >= 15 is 0 Å². The van der Waals surface area contributed by atoms with E-state index in [0.717, 1.165) is 12.5 Å². The minimum atomic E-state index is -4.54. The number of hydrogen-bond donors (Lipinski definition) is 2. The minimum Gasteiger partial charge on any atom is -0.365 e. The SMILES string of the molecule is CNC(=S)Nc1nc(N2C[C@H](C)C[C@H](C)C2)cc(C(F)(F)F)n1. The molecule has 1 saturated heterocycles. The van der Waals surface area contributed by atoms with E-state index in [1.165, 1.54) is 0 Å². The second-order valence-electron chi connectivity index (χ2n) is 5.99. The minimum absolute atomic E-state index is 0.153. The zero-order valence-corrected chi connectivity index (χ0v) is 14.1. The van der Waals surface area contributed by atoms with Crippen molar-refractivity contribution in [2.24, 2.45) is 11.8 Å². The monoisotopic (exact) mass is 347 g/mol. The molecule has 0 aliphatic carbocycles. The normalized spacial score (nSPS) is 21.9. The number of aromatic nitrogens is 2. The molecule has 1 aliphatic heterocycles. The van der Waals surface area contributed by atoms with Crippen molar-refractivity contribution in [3.63, 3.8) is 0 Å². The molecule has 5 nitrogen and oxygen atoms in total. The fourth-order valence-corrected chi connectivity index (χ4v) is 2.90. The molecule has 1 aromatic rings. The van der Waals surface area contributed by atoms with E-state index in [4.69, 9.17) is 12.2 Å². The fourth-order valence-electron chi connectivity index (χ4n) is 2.81. The summed E-state index contributed by atoms with van der Waals surface area (Å²) < 4.78 is 39.3. The van der Waals surface area contributed by atoms with Crippen LogP contribution in [-0.2, 0) is 6.18 Å². The van der Waals surface area contributed by atoms with Gasteiger partial charge in [-0.25, -0.2) is 4.98 Å². The van der Waals surface area contributed by atoms with Crippen LogP contribution in [0.5, 0.6) is 0 Å². The standard InChI is InChI=1S/C14H20F3N5S/c1-8-4-9(2)7-22(6-8)11-5-10(14(15,16)17)19-12(20-11)21-13(23)18-3/h5,8-9H,4,6-7H2,1-3H3,(H2,18,19,20,21,23)/t8-,9+. The molecule has 9 heteroatoms. The molecule has 0 amide bonds. The molecule has 1 aliphatic rings. The van der Waals surface area contributed by atoms with Crippen molar-refractivity contribution < 1.29 is 13.2 Å². The summed E-state index contributed by atoms with van der Waals surface area (Å²) in [4.78, 5) is 9.61. The third kappa shape index (κ3) is 4.66. The highest BCUT2D eigenvalue weighted by Crippen LogP contribution is 2.32. The largest absolute Gasteiger partial charge is 0.433 e. The molecule has 0 radical (unpaired) electrons. The first-order chi connectivity index (χ1) is 10.7. The molecule has 2 N–H and O–H groups in total. The first-order valence-corrected chi connectivity index (χ1v) is 7.79. The second-order valence-corrected chi connectivity index (χ2v) is 6.40. The average molecular weight is 347 g/mol. The van der Waals surface area contributed by atoms with Crippen molar-refractivity contribution in [3.8, 4) is 0 Å². The smallest absolute Gasteiger partial charge is 0.365 e. The Kier molecular flexibility index (Phi) is 5.28. The Bertz CT molecular complexity index is 568. The van der Waals surface area contributed by atoms with Gasteiger partial charge < -0.3 is 15.5 Å². The third-order valence-electron chi connectivity index (χ3n) is 3.65. The molecule has 128 valence electrons. The number of alkyl halides is 3. The number of nitrogens with one attached hydrogen (secondary N) is 2. The van der Waals surface area contributed by atoms with Crippen LogP contribution in [0.25, 0.3) is 0 Å². The van der Waals surface area contributed by atoms with E-state index in [9.17, 15) is 13.2 Å². The van der Waals surface area contributed by atoms with Gasteiger partial charge in [0.05, 0.1) is 0 Å². The van der Waals surface area contributed by atoms with Gasteiger partial charge in [-0.05, 0) is 30.5 Å². The van der Waals surface area contributed by atoms with Crippen molar-refractivity contribution in [2.75, 3.05) is 30.4 Å². The molecular weight excluding hydrogens is 327 g/mol. The number of thiocarbonyl (C=S) groups is 1. The molecule has 0 aromatic carbocycles. The quantitative estimate of drug-likeness (QED) is 0.803. The van der Waals surface area contributed by atoms with Crippen molar-refractivity contribution in [2.45, 2.75) is 26.4 Å². The van der Waals surface area contributed by atoms with Crippen molar-refractivity contribution in [3.05, 3.63) is 11.8 Å². The Morgan fingerprint density at radius 3 is 2.39 bits per heavy atom. The van der Waals surface area contributed by atoms with Crippen LogP contribution < -0.4 is 15.5 Å². The number of rotatable bonds is 2. The van der Waals surface area contributed by atoms with Crippen LogP contribution in [0.4, 0.5) is 24.9 Å². The Morgan fingerprint density at radius 2 is 1.87 bits per heavy atom. The van der Waals surface area contributed by atoms with E-state index in [-0.39, 0.29) is 16.9 Å². The number of halogens is 3.